The second kappa shape index (κ2) is 6.11. The predicted octanol–water partition coefficient (Wildman–Crippen LogP) is 0.871. The van der Waals surface area contributed by atoms with E-state index >= 15 is 0 Å². The van der Waals surface area contributed by atoms with E-state index in [1.165, 1.54) is 0 Å². The summed E-state index contributed by atoms with van der Waals surface area (Å²) in [6, 6.07) is 9.73. The van der Waals surface area contributed by atoms with Gasteiger partial charge in [0.25, 0.3) is 0 Å². The second-order valence-corrected chi connectivity index (χ2v) is 3.94. The van der Waals surface area contributed by atoms with E-state index in [-0.39, 0.29) is 6.61 Å². The van der Waals surface area contributed by atoms with Crippen molar-refractivity contribution in [3.63, 3.8) is 0 Å². The van der Waals surface area contributed by atoms with Crippen LogP contribution in [0, 0.1) is 0 Å². The molecule has 0 fully saturated rings. The molecule has 18 heavy (non-hydrogen) atoms. The van der Waals surface area contributed by atoms with Crippen LogP contribution in [0.3, 0.4) is 0 Å². The van der Waals surface area contributed by atoms with Crippen molar-refractivity contribution in [2.45, 2.75) is 13.3 Å². The Morgan fingerprint density at radius 3 is 2.67 bits per heavy atom. The van der Waals surface area contributed by atoms with Crippen molar-refractivity contribution in [2.24, 2.45) is 0 Å². The summed E-state index contributed by atoms with van der Waals surface area (Å²) in [5.74, 6) is 0.664. The zero-order valence-electron chi connectivity index (χ0n) is 10.4. The summed E-state index contributed by atoms with van der Waals surface area (Å²) < 4.78 is 1.69. The highest BCUT2D eigenvalue weighted by Crippen LogP contribution is 2.14. The molecule has 0 radical (unpaired) electrons. The summed E-state index contributed by atoms with van der Waals surface area (Å²) in [6.07, 6.45) is 0.974. The number of aromatic nitrogens is 4. The van der Waals surface area contributed by atoms with Crippen LogP contribution in [0.4, 0.5) is 5.95 Å². The molecule has 0 spiro atoms. The lowest BCUT2D eigenvalue weighted by atomic mass is 10.3. The molecule has 0 aliphatic heterocycles. The fraction of sp³-hybridized carbons (Fsp3) is 0.417. The lowest BCUT2D eigenvalue weighted by Gasteiger charge is -2.21. The highest BCUT2D eigenvalue weighted by Gasteiger charge is 2.14. The summed E-state index contributed by atoms with van der Waals surface area (Å²) in [5, 5.41) is 20.9. The van der Waals surface area contributed by atoms with E-state index in [2.05, 4.69) is 22.4 Å². The maximum Gasteiger partial charge on any atom is 0.250 e. The minimum absolute atomic E-state index is 0.0850. The average Bonchev–Trinajstić information content (AvgIpc) is 2.88. The van der Waals surface area contributed by atoms with Crippen LogP contribution in [0.5, 0.6) is 0 Å². The normalized spacial score (nSPS) is 10.6. The van der Waals surface area contributed by atoms with Crippen molar-refractivity contribution in [2.75, 3.05) is 24.6 Å². The van der Waals surface area contributed by atoms with E-state index in [0.29, 0.717) is 12.5 Å². The van der Waals surface area contributed by atoms with Gasteiger partial charge in [-0.3, -0.25) is 0 Å². The summed E-state index contributed by atoms with van der Waals surface area (Å²) in [5.41, 5.74) is 0.913. The number of anilines is 1. The van der Waals surface area contributed by atoms with Crippen molar-refractivity contribution >= 4 is 5.95 Å². The first-order valence-electron chi connectivity index (χ1n) is 6.06. The summed E-state index contributed by atoms with van der Waals surface area (Å²) >= 11 is 0. The fourth-order valence-corrected chi connectivity index (χ4v) is 1.82. The highest BCUT2D eigenvalue weighted by molar-refractivity contribution is 5.40. The highest BCUT2D eigenvalue weighted by atomic mass is 16.3. The van der Waals surface area contributed by atoms with Crippen LogP contribution >= 0.6 is 0 Å². The molecule has 2 aromatic rings. The van der Waals surface area contributed by atoms with E-state index in [1.54, 1.807) is 4.68 Å². The maximum atomic E-state index is 9.10. The Kier molecular flexibility index (Phi) is 4.25. The Morgan fingerprint density at radius 1 is 1.22 bits per heavy atom. The van der Waals surface area contributed by atoms with Gasteiger partial charge in [0.2, 0.25) is 5.95 Å². The molecule has 0 amide bonds. The van der Waals surface area contributed by atoms with Crippen molar-refractivity contribution in [1.29, 1.82) is 0 Å². The Labute approximate surface area is 106 Å². The molecule has 0 unspecified atom stereocenters. The predicted molar refractivity (Wildman–Crippen MR) is 68.7 cm³/mol. The van der Waals surface area contributed by atoms with Gasteiger partial charge >= 0.3 is 0 Å². The summed E-state index contributed by atoms with van der Waals surface area (Å²) in [7, 11) is 0. The minimum Gasteiger partial charge on any atom is -0.395 e. The lowest BCUT2D eigenvalue weighted by Crippen LogP contribution is -2.30. The largest absolute Gasteiger partial charge is 0.395 e. The molecule has 0 aliphatic carbocycles. The maximum absolute atomic E-state index is 9.10. The first-order chi connectivity index (χ1) is 8.86. The number of benzene rings is 1. The van der Waals surface area contributed by atoms with Crippen LogP contribution in [-0.4, -0.2) is 45.0 Å². The molecular formula is C12H17N5O. The molecule has 1 aromatic carbocycles. The molecule has 1 heterocycles. The van der Waals surface area contributed by atoms with Crippen molar-refractivity contribution < 1.29 is 5.11 Å². The van der Waals surface area contributed by atoms with E-state index in [0.717, 1.165) is 18.7 Å². The van der Waals surface area contributed by atoms with Crippen molar-refractivity contribution in [1.82, 2.24) is 20.2 Å². The van der Waals surface area contributed by atoms with Crippen LogP contribution in [0.15, 0.2) is 30.3 Å². The van der Waals surface area contributed by atoms with Gasteiger partial charge in [0.1, 0.15) is 0 Å². The monoisotopic (exact) mass is 247 g/mol. The van der Waals surface area contributed by atoms with Gasteiger partial charge in [-0.2, -0.15) is 4.68 Å². The fourth-order valence-electron chi connectivity index (χ4n) is 1.82. The molecule has 1 aromatic heterocycles. The number of tetrazole rings is 1. The molecule has 96 valence electrons. The van der Waals surface area contributed by atoms with E-state index in [9.17, 15) is 0 Å². The molecule has 0 saturated carbocycles. The molecule has 0 aliphatic rings. The second-order valence-electron chi connectivity index (χ2n) is 3.94. The average molecular weight is 247 g/mol. The lowest BCUT2D eigenvalue weighted by molar-refractivity contribution is 0.301. The third kappa shape index (κ3) is 2.65. The number of hydrogen-bond donors (Lipinski definition) is 1. The first kappa shape index (κ1) is 12.5. The molecule has 6 heteroatoms. The van der Waals surface area contributed by atoms with Gasteiger partial charge in [-0.1, -0.05) is 30.2 Å². The number of rotatable bonds is 6. The van der Waals surface area contributed by atoms with E-state index < -0.39 is 0 Å². The molecular weight excluding hydrogens is 230 g/mol. The molecule has 0 bridgehead atoms. The zero-order valence-corrected chi connectivity index (χ0v) is 10.4. The standard InChI is InChI=1S/C12H17N5O/c1-2-8-16(9-10-18)12-13-14-15-17(12)11-6-4-3-5-7-11/h3-7,18H,2,8-10H2,1H3. The van der Waals surface area contributed by atoms with Gasteiger partial charge in [0.15, 0.2) is 0 Å². The number of aliphatic hydroxyl groups is 1. The van der Waals surface area contributed by atoms with Gasteiger partial charge in [-0.15, -0.1) is 0 Å². The van der Waals surface area contributed by atoms with E-state index in [4.69, 9.17) is 5.11 Å². The Bertz CT molecular complexity index is 464. The van der Waals surface area contributed by atoms with Gasteiger partial charge in [0, 0.05) is 13.1 Å². The van der Waals surface area contributed by atoms with Crippen LogP contribution in [0.2, 0.25) is 0 Å². The molecule has 0 atom stereocenters. The zero-order chi connectivity index (χ0) is 12.8. The quantitative estimate of drug-likeness (QED) is 0.820. The smallest absolute Gasteiger partial charge is 0.250 e. The number of aliphatic hydroxyl groups excluding tert-OH is 1. The molecule has 2 rings (SSSR count). The van der Waals surface area contributed by atoms with E-state index in [1.807, 2.05) is 35.2 Å². The first-order valence-corrected chi connectivity index (χ1v) is 6.06. The van der Waals surface area contributed by atoms with Gasteiger partial charge in [-0.05, 0) is 29.0 Å². The molecule has 0 saturated heterocycles. The van der Waals surface area contributed by atoms with Crippen LogP contribution < -0.4 is 4.90 Å². The van der Waals surface area contributed by atoms with Gasteiger partial charge in [0.05, 0.1) is 12.3 Å². The van der Waals surface area contributed by atoms with Crippen molar-refractivity contribution in [3.8, 4) is 5.69 Å². The van der Waals surface area contributed by atoms with Crippen LogP contribution in [-0.2, 0) is 0 Å². The Balaban J connectivity index is 2.31. The molecule has 1 N–H and O–H groups in total. The Hall–Kier alpha value is -1.95. The number of para-hydroxylation sites is 1. The van der Waals surface area contributed by atoms with Crippen LogP contribution in [0.1, 0.15) is 13.3 Å². The SMILES string of the molecule is CCCN(CCO)c1nnnn1-c1ccccc1. The number of hydrogen-bond acceptors (Lipinski definition) is 5. The van der Waals surface area contributed by atoms with Crippen molar-refractivity contribution in [3.05, 3.63) is 30.3 Å². The summed E-state index contributed by atoms with van der Waals surface area (Å²) in [4.78, 5) is 1.98. The van der Waals surface area contributed by atoms with Crippen LogP contribution in [0.25, 0.3) is 5.69 Å². The number of nitrogens with zero attached hydrogens (tertiary/aromatic N) is 5. The minimum atomic E-state index is 0.0850. The third-order valence-corrected chi connectivity index (χ3v) is 2.60. The molecule has 6 nitrogen and oxygen atoms in total. The Morgan fingerprint density at radius 2 is 2.00 bits per heavy atom. The summed E-state index contributed by atoms with van der Waals surface area (Å²) in [6.45, 7) is 3.51. The third-order valence-electron chi connectivity index (χ3n) is 2.60. The topological polar surface area (TPSA) is 67.1 Å². The van der Waals surface area contributed by atoms with Gasteiger partial charge < -0.3 is 10.0 Å². The van der Waals surface area contributed by atoms with Gasteiger partial charge in [-0.25, -0.2) is 0 Å².